The molecule has 0 radical (unpaired) electrons. The van der Waals surface area contributed by atoms with Crippen LogP contribution in [-0.4, -0.2) is 25.8 Å². The monoisotopic (exact) mass is 388 g/mol. The van der Waals surface area contributed by atoms with E-state index in [0.717, 1.165) is 18.4 Å². The first-order valence-electron chi connectivity index (χ1n) is 9.58. The summed E-state index contributed by atoms with van der Waals surface area (Å²) in [6, 6.07) is 17.1. The highest BCUT2D eigenvalue weighted by atomic mass is 16.5. The van der Waals surface area contributed by atoms with Crippen LogP contribution in [-0.2, 0) is 6.54 Å². The van der Waals surface area contributed by atoms with Gasteiger partial charge in [-0.05, 0) is 30.5 Å². The number of aromatic nitrogens is 4. The lowest BCUT2D eigenvalue weighted by Gasteiger charge is -2.14. The molecular formula is C22H20N4O3. The molecule has 0 aliphatic heterocycles. The number of benzene rings is 2. The Kier molecular flexibility index (Phi) is 4.08. The van der Waals surface area contributed by atoms with E-state index in [1.54, 1.807) is 25.6 Å². The van der Waals surface area contributed by atoms with Crippen molar-refractivity contribution >= 4 is 11.2 Å². The quantitative estimate of drug-likeness (QED) is 0.527. The third kappa shape index (κ3) is 2.86. The normalized spacial score (nSPS) is 13.7. The van der Waals surface area contributed by atoms with Gasteiger partial charge in [0.05, 0.1) is 19.1 Å². The minimum Gasteiger partial charge on any atom is -0.495 e. The summed E-state index contributed by atoms with van der Waals surface area (Å²) < 4.78 is 10.2. The molecule has 0 atom stereocenters. The van der Waals surface area contributed by atoms with Crippen LogP contribution < -0.4 is 16.0 Å². The Morgan fingerprint density at radius 3 is 2.48 bits per heavy atom. The number of imidazole rings is 1. The predicted octanol–water partition coefficient (Wildman–Crippen LogP) is 2.74. The molecule has 0 spiro atoms. The third-order valence-electron chi connectivity index (χ3n) is 5.28. The van der Waals surface area contributed by atoms with Crippen LogP contribution >= 0.6 is 0 Å². The van der Waals surface area contributed by atoms with E-state index >= 15 is 0 Å². The summed E-state index contributed by atoms with van der Waals surface area (Å²) in [5, 5.41) is 0. The van der Waals surface area contributed by atoms with Crippen molar-refractivity contribution in [1.82, 2.24) is 18.7 Å². The van der Waals surface area contributed by atoms with Crippen molar-refractivity contribution in [2.24, 2.45) is 0 Å². The molecule has 2 heterocycles. The van der Waals surface area contributed by atoms with Crippen LogP contribution in [0.15, 0.2) is 70.5 Å². The zero-order chi connectivity index (χ0) is 20.0. The zero-order valence-electron chi connectivity index (χ0n) is 16.0. The van der Waals surface area contributed by atoms with Gasteiger partial charge in [-0.3, -0.25) is 9.36 Å². The van der Waals surface area contributed by atoms with Gasteiger partial charge >= 0.3 is 5.69 Å². The van der Waals surface area contributed by atoms with Crippen molar-refractivity contribution in [3.8, 4) is 11.4 Å². The van der Waals surface area contributed by atoms with Crippen molar-refractivity contribution in [2.45, 2.75) is 25.4 Å². The standard InChI is InChI=1S/C22H20N4O3/c1-29-18-10-6-5-9-17(18)26-20-19(21(27)25(22(26)28)16-11-12-16)24(14-23-20)13-15-7-3-2-4-8-15/h2-10,14,16H,11-13H2,1H3. The van der Waals surface area contributed by atoms with E-state index in [9.17, 15) is 9.59 Å². The molecule has 0 unspecified atom stereocenters. The van der Waals surface area contributed by atoms with Crippen molar-refractivity contribution < 1.29 is 4.74 Å². The molecule has 2 aromatic heterocycles. The predicted molar refractivity (Wildman–Crippen MR) is 110 cm³/mol. The molecule has 146 valence electrons. The van der Waals surface area contributed by atoms with Gasteiger partial charge in [-0.25, -0.2) is 14.3 Å². The van der Waals surface area contributed by atoms with Gasteiger partial charge in [0.2, 0.25) is 0 Å². The summed E-state index contributed by atoms with van der Waals surface area (Å²) in [4.78, 5) is 31.1. The average molecular weight is 388 g/mol. The first kappa shape index (κ1) is 17.5. The molecule has 29 heavy (non-hydrogen) atoms. The molecule has 4 aromatic rings. The highest BCUT2D eigenvalue weighted by Crippen LogP contribution is 2.33. The third-order valence-corrected chi connectivity index (χ3v) is 5.28. The zero-order valence-corrected chi connectivity index (χ0v) is 16.0. The van der Waals surface area contributed by atoms with Gasteiger partial charge in [0.25, 0.3) is 5.56 Å². The second-order valence-electron chi connectivity index (χ2n) is 7.23. The van der Waals surface area contributed by atoms with Gasteiger partial charge in [-0.15, -0.1) is 0 Å². The van der Waals surface area contributed by atoms with Gasteiger partial charge in [0, 0.05) is 12.6 Å². The fourth-order valence-electron chi connectivity index (χ4n) is 3.74. The van der Waals surface area contributed by atoms with Crippen LogP contribution in [0, 0.1) is 0 Å². The Balaban J connectivity index is 1.82. The molecule has 7 heteroatoms. The first-order valence-corrected chi connectivity index (χ1v) is 9.58. The molecule has 1 fully saturated rings. The number of para-hydroxylation sites is 2. The highest BCUT2D eigenvalue weighted by molar-refractivity contribution is 5.73. The molecule has 5 rings (SSSR count). The lowest BCUT2D eigenvalue weighted by atomic mass is 10.2. The summed E-state index contributed by atoms with van der Waals surface area (Å²) in [6.07, 6.45) is 3.29. The van der Waals surface area contributed by atoms with Crippen molar-refractivity contribution in [3.63, 3.8) is 0 Å². The molecule has 1 aliphatic rings. The molecule has 0 saturated heterocycles. The molecule has 1 aliphatic carbocycles. The second kappa shape index (κ2) is 6.77. The Morgan fingerprint density at radius 2 is 1.76 bits per heavy atom. The Hall–Kier alpha value is -3.61. The first-order chi connectivity index (χ1) is 14.2. The van der Waals surface area contributed by atoms with E-state index in [2.05, 4.69) is 4.98 Å². The van der Waals surface area contributed by atoms with Crippen molar-refractivity contribution in [2.75, 3.05) is 7.11 Å². The van der Waals surface area contributed by atoms with Crippen molar-refractivity contribution in [3.05, 3.63) is 87.3 Å². The minimum absolute atomic E-state index is 0.0552. The van der Waals surface area contributed by atoms with Crippen LogP contribution in [0.4, 0.5) is 0 Å². The molecule has 1 saturated carbocycles. The minimum atomic E-state index is -0.375. The van der Waals surface area contributed by atoms with E-state index in [0.29, 0.717) is 29.1 Å². The fourth-order valence-corrected chi connectivity index (χ4v) is 3.74. The van der Waals surface area contributed by atoms with E-state index in [-0.39, 0.29) is 17.3 Å². The summed E-state index contributed by atoms with van der Waals surface area (Å²) in [6.45, 7) is 0.501. The lowest BCUT2D eigenvalue weighted by molar-refractivity contribution is 0.412. The number of nitrogens with zero attached hydrogens (tertiary/aromatic N) is 4. The summed E-state index contributed by atoms with van der Waals surface area (Å²) >= 11 is 0. The number of hydrogen-bond donors (Lipinski definition) is 0. The van der Waals surface area contributed by atoms with Crippen LogP contribution in [0.1, 0.15) is 24.4 Å². The van der Waals surface area contributed by atoms with E-state index in [4.69, 9.17) is 4.74 Å². The maximum atomic E-state index is 13.3. The number of ether oxygens (including phenoxy) is 1. The smallest absolute Gasteiger partial charge is 0.337 e. The van der Waals surface area contributed by atoms with Gasteiger partial charge in [-0.2, -0.15) is 0 Å². The fraction of sp³-hybridized carbons (Fsp3) is 0.227. The molecule has 0 bridgehead atoms. The van der Waals surface area contributed by atoms with E-state index in [1.165, 1.54) is 9.13 Å². The molecule has 0 amide bonds. The van der Waals surface area contributed by atoms with Crippen LogP contribution in [0.3, 0.4) is 0 Å². The number of rotatable bonds is 5. The maximum Gasteiger partial charge on any atom is 0.337 e. The Labute approximate surface area is 166 Å². The summed E-state index contributed by atoms with van der Waals surface area (Å²) in [5.74, 6) is 0.550. The van der Waals surface area contributed by atoms with E-state index in [1.807, 2.05) is 47.0 Å². The van der Waals surface area contributed by atoms with Gasteiger partial charge in [0.1, 0.15) is 5.75 Å². The Morgan fingerprint density at radius 1 is 1.03 bits per heavy atom. The Bertz CT molecular complexity index is 1310. The largest absolute Gasteiger partial charge is 0.495 e. The average Bonchev–Trinajstić information content (AvgIpc) is 3.49. The topological polar surface area (TPSA) is 71.1 Å². The highest BCUT2D eigenvalue weighted by Gasteiger charge is 2.31. The number of hydrogen-bond acceptors (Lipinski definition) is 4. The number of fused-ring (bicyclic) bond motifs is 1. The molecule has 0 N–H and O–H groups in total. The van der Waals surface area contributed by atoms with Gasteiger partial charge in [0.15, 0.2) is 11.2 Å². The van der Waals surface area contributed by atoms with Crippen LogP contribution in [0.5, 0.6) is 5.75 Å². The summed E-state index contributed by atoms with van der Waals surface area (Å²) in [7, 11) is 1.56. The van der Waals surface area contributed by atoms with Crippen LogP contribution in [0.25, 0.3) is 16.9 Å². The van der Waals surface area contributed by atoms with Gasteiger partial charge in [-0.1, -0.05) is 42.5 Å². The molecule has 2 aromatic carbocycles. The van der Waals surface area contributed by atoms with Crippen LogP contribution in [0.2, 0.25) is 0 Å². The van der Waals surface area contributed by atoms with Gasteiger partial charge < -0.3 is 9.30 Å². The molecular weight excluding hydrogens is 368 g/mol. The van der Waals surface area contributed by atoms with E-state index < -0.39 is 0 Å². The maximum absolute atomic E-state index is 13.3. The molecule has 7 nitrogen and oxygen atoms in total. The SMILES string of the molecule is COc1ccccc1-n1c(=O)n(C2CC2)c(=O)c2c1ncn2Cc1ccccc1. The number of methoxy groups -OCH3 is 1. The lowest BCUT2D eigenvalue weighted by Crippen LogP contribution is -2.39. The van der Waals surface area contributed by atoms with Crippen molar-refractivity contribution in [1.29, 1.82) is 0 Å². The second-order valence-corrected chi connectivity index (χ2v) is 7.23. The summed E-state index contributed by atoms with van der Waals surface area (Å²) in [5.41, 5.74) is 1.73.